The molecule has 0 saturated carbocycles. The molecule has 0 radical (unpaired) electrons. The van der Waals surface area contributed by atoms with E-state index in [0.717, 1.165) is 84.6 Å². The zero-order valence-corrected chi connectivity index (χ0v) is 34.9. The molecule has 2 heterocycles. The van der Waals surface area contributed by atoms with E-state index in [1.165, 1.54) is 29.1 Å². The van der Waals surface area contributed by atoms with Gasteiger partial charge in [0.1, 0.15) is 0 Å². The number of imide groups is 2. The average Bonchev–Trinajstić information content (AvgIpc) is 3.25. The quantitative estimate of drug-likeness (QED) is 0.0566. The predicted octanol–water partition coefficient (Wildman–Crippen LogP) is 13.6. The average molecular weight is 789 g/mol. The zero-order chi connectivity index (χ0) is 41.6. The van der Waals surface area contributed by atoms with Gasteiger partial charge in [-0.05, 0) is 108 Å². The molecule has 10 rings (SSSR count). The summed E-state index contributed by atoms with van der Waals surface area (Å²) < 4.78 is 0. The first-order valence-electron chi connectivity index (χ1n) is 21.7. The number of nitrogens with zero attached hydrogens (tertiary/aromatic N) is 2. The molecule has 0 aromatic heterocycles. The second-order valence-electron chi connectivity index (χ2n) is 17.4. The van der Waals surface area contributed by atoms with Gasteiger partial charge in [-0.2, -0.15) is 0 Å². The second kappa shape index (κ2) is 14.4. The molecular weight excluding hydrogens is 741 g/mol. The molecule has 0 atom stereocenters. The van der Waals surface area contributed by atoms with Crippen LogP contribution >= 0.6 is 0 Å². The summed E-state index contributed by atoms with van der Waals surface area (Å²) in [7, 11) is 0. The van der Waals surface area contributed by atoms with E-state index in [0.29, 0.717) is 45.3 Å². The first kappa shape index (κ1) is 37.8. The highest BCUT2D eigenvalue weighted by Gasteiger charge is 2.38. The minimum Gasteiger partial charge on any atom is -0.274 e. The fourth-order valence-electron chi connectivity index (χ4n) is 10.3. The van der Waals surface area contributed by atoms with Crippen LogP contribution in [0, 0.1) is 0 Å². The SMILES string of the molecule is CCCCCCCCN1C(=O)c2cccc3c(-c4ccc5c6ccc7c8c(ccc(c9cccc4c95)c86)C(=O)N(c4c(C(C)C)cccc4C(C)C)C7=O)ccc(c23)C1=O. The Labute approximate surface area is 350 Å². The van der Waals surface area contributed by atoms with E-state index in [4.69, 9.17) is 0 Å². The molecule has 8 aromatic carbocycles. The Hall–Kier alpha value is -6.40. The predicted molar refractivity (Wildman–Crippen MR) is 245 cm³/mol. The van der Waals surface area contributed by atoms with Crippen LogP contribution in [0.4, 0.5) is 5.69 Å². The van der Waals surface area contributed by atoms with Gasteiger partial charge in [-0.25, -0.2) is 4.90 Å². The molecule has 0 aliphatic carbocycles. The fraction of sp³-hybridized carbons (Fsp3) is 0.259. The Morgan fingerprint density at radius 1 is 0.400 bits per heavy atom. The number of unbranched alkanes of at least 4 members (excludes halogenated alkanes) is 5. The van der Waals surface area contributed by atoms with Crippen molar-refractivity contribution in [3.8, 4) is 11.1 Å². The summed E-state index contributed by atoms with van der Waals surface area (Å²) in [5.41, 5.74) is 6.84. The smallest absolute Gasteiger partial charge is 0.266 e. The number of benzene rings is 8. The lowest BCUT2D eigenvalue weighted by Crippen LogP contribution is -2.41. The number of hydrogen-bond donors (Lipinski definition) is 0. The van der Waals surface area contributed by atoms with Crippen LogP contribution in [-0.2, 0) is 0 Å². The third-order valence-corrected chi connectivity index (χ3v) is 13.2. The van der Waals surface area contributed by atoms with Crippen molar-refractivity contribution in [2.75, 3.05) is 11.4 Å². The molecule has 0 N–H and O–H groups in total. The first-order chi connectivity index (χ1) is 29.1. The minimum atomic E-state index is -0.295. The molecule has 60 heavy (non-hydrogen) atoms. The van der Waals surface area contributed by atoms with Crippen LogP contribution in [0.1, 0.15) is 138 Å². The summed E-state index contributed by atoms with van der Waals surface area (Å²) >= 11 is 0. The normalized spacial score (nSPS) is 14.2. The third-order valence-electron chi connectivity index (χ3n) is 13.2. The minimum absolute atomic E-state index is 0.114. The van der Waals surface area contributed by atoms with E-state index in [-0.39, 0.29) is 35.5 Å². The molecule has 298 valence electrons. The van der Waals surface area contributed by atoms with Crippen LogP contribution in [0.5, 0.6) is 0 Å². The summed E-state index contributed by atoms with van der Waals surface area (Å²) in [4.78, 5) is 60.2. The Morgan fingerprint density at radius 2 is 0.833 bits per heavy atom. The van der Waals surface area contributed by atoms with Gasteiger partial charge in [-0.15, -0.1) is 0 Å². The van der Waals surface area contributed by atoms with E-state index in [2.05, 4.69) is 77.1 Å². The summed E-state index contributed by atoms with van der Waals surface area (Å²) in [5, 5.41) is 9.40. The highest BCUT2D eigenvalue weighted by atomic mass is 16.2. The van der Waals surface area contributed by atoms with Crippen LogP contribution in [0.15, 0.2) is 103 Å². The third kappa shape index (κ3) is 5.46. The zero-order valence-electron chi connectivity index (χ0n) is 34.9. The van der Waals surface area contributed by atoms with Gasteiger partial charge < -0.3 is 0 Å². The van der Waals surface area contributed by atoms with Crippen LogP contribution in [0.25, 0.3) is 65.0 Å². The van der Waals surface area contributed by atoms with E-state index in [1.807, 2.05) is 60.7 Å². The Morgan fingerprint density at radius 3 is 1.45 bits per heavy atom. The van der Waals surface area contributed by atoms with Gasteiger partial charge in [0.2, 0.25) is 0 Å². The lowest BCUT2D eigenvalue weighted by atomic mass is 9.82. The number of carbonyl (C=O) groups excluding carboxylic acids is 4. The van der Waals surface area contributed by atoms with E-state index in [9.17, 15) is 19.2 Å². The van der Waals surface area contributed by atoms with Crippen LogP contribution in [0.2, 0.25) is 0 Å². The summed E-state index contributed by atoms with van der Waals surface area (Å²) in [5.74, 6) is -0.805. The van der Waals surface area contributed by atoms with Gasteiger partial charge in [0.05, 0.1) is 5.69 Å². The Bertz CT molecular complexity index is 3020. The van der Waals surface area contributed by atoms with Crippen molar-refractivity contribution in [2.45, 2.75) is 85.0 Å². The second-order valence-corrected chi connectivity index (χ2v) is 17.4. The lowest BCUT2D eigenvalue weighted by Gasteiger charge is -2.32. The molecule has 4 amide bonds. The molecular formula is C54H48N2O4. The standard InChI is InChI=1S/C54H48N2O4/c1-6-7-8-9-10-11-29-55-51(57)42-20-14-18-37-35(22-26-43(47(37)42)52(55)58)34-21-23-39-41-25-28-45-49-44(27-24-40(48(41)49)38-19-13-17-36(34)46(38)39)53(59)56(54(45)60)50-32(30(2)3)15-12-16-33(50)31(4)5/h12-28,30-31H,6-11,29H2,1-5H3. The monoisotopic (exact) mass is 788 g/mol. The van der Waals surface area contributed by atoms with E-state index >= 15 is 0 Å². The molecule has 6 heteroatoms. The van der Waals surface area contributed by atoms with Gasteiger partial charge in [-0.3, -0.25) is 24.1 Å². The van der Waals surface area contributed by atoms with Gasteiger partial charge >= 0.3 is 0 Å². The van der Waals surface area contributed by atoms with Gasteiger partial charge in [0, 0.05) is 39.6 Å². The number of fused-ring (bicyclic) bond motifs is 2. The maximum atomic E-state index is 14.7. The summed E-state index contributed by atoms with van der Waals surface area (Å²) in [6.45, 7) is 11.0. The Kier molecular flexibility index (Phi) is 9.09. The largest absolute Gasteiger partial charge is 0.274 e. The number of para-hydroxylation sites is 1. The highest BCUT2D eigenvalue weighted by Crippen LogP contribution is 2.48. The number of rotatable bonds is 11. The summed E-state index contributed by atoms with van der Waals surface area (Å²) in [6, 6.07) is 34.4. The lowest BCUT2D eigenvalue weighted by molar-refractivity contribution is 0.0607. The van der Waals surface area contributed by atoms with Crippen LogP contribution in [-0.4, -0.2) is 35.1 Å². The van der Waals surface area contributed by atoms with Crippen molar-refractivity contribution < 1.29 is 19.2 Å². The molecule has 0 fully saturated rings. The maximum Gasteiger partial charge on any atom is 0.266 e. The van der Waals surface area contributed by atoms with Gasteiger partial charge in [0.15, 0.2) is 0 Å². The molecule has 0 unspecified atom stereocenters. The van der Waals surface area contributed by atoms with E-state index in [1.54, 1.807) is 0 Å². The summed E-state index contributed by atoms with van der Waals surface area (Å²) in [6.07, 6.45) is 6.49. The van der Waals surface area contributed by atoms with Crippen molar-refractivity contribution in [3.05, 3.63) is 137 Å². The van der Waals surface area contributed by atoms with Crippen LogP contribution < -0.4 is 4.90 Å². The molecule has 0 spiro atoms. The van der Waals surface area contributed by atoms with Crippen LogP contribution in [0.3, 0.4) is 0 Å². The van der Waals surface area contributed by atoms with Crippen molar-refractivity contribution in [1.29, 1.82) is 0 Å². The highest BCUT2D eigenvalue weighted by molar-refractivity contribution is 6.43. The molecule has 8 aromatic rings. The van der Waals surface area contributed by atoms with Gasteiger partial charge in [0.25, 0.3) is 23.6 Å². The molecule has 2 aliphatic heterocycles. The van der Waals surface area contributed by atoms with Crippen molar-refractivity contribution in [1.82, 2.24) is 4.90 Å². The Balaban J connectivity index is 1.11. The van der Waals surface area contributed by atoms with Crippen molar-refractivity contribution in [3.63, 3.8) is 0 Å². The molecule has 2 aliphatic rings. The maximum absolute atomic E-state index is 14.7. The number of anilines is 1. The van der Waals surface area contributed by atoms with Gasteiger partial charge in [-0.1, -0.05) is 146 Å². The van der Waals surface area contributed by atoms with Crippen molar-refractivity contribution >= 4 is 83.2 Å². The number of hydrogen-bond acceptors (Lipinski definition) is 4. The number of carbonyl (C=O) groups is 4. The topological polar surface area (TPSA) is 74.8 Å². The number of amides is 4. The molecule has 0 bridgehead atoms. The van der Waals surface area contributed by atoms with E-state index < -0.39 is 0 Å². The molecule has 6 nitrogen and oxygen atoms in total. The first-order valence-corrected chi connectivity index (χ1v) is 21.7. The van der Waals surface area contributed by atoms with Crippen molar-refractivity contribution in [2.24, 2.45) is 0 Å². The molecule has 0 saturated heterocycles. The fourth-order valence-corrected chi connectivity index (χ4v) is 10.3.